The quantitative estimate of drug-likeness (QED) is 0.338. The van der Waals surface area contributed by atoms with E-state index in [9.17, 15) is 0 Å². The topological polar surface area (TPSA) is 41.8 Å². The Morgan fingerprint density at radius 3 is 2.68 bits per heavy atom. The Morgan fingerprint density at radius 2 is 2.04 bits per heavy atom. The molecule has 142 valence electrons. The van der Waals surface area contributed by atoms with Crippen molar-refractivity contribution in [3.63, 3.8) is 0 Å². The lowest BCUT2D eigenvalue weighted by Crippen LogP contribution is -2.39. The Balaban J connectivity index is 1.58. The van der Waals surface area contributed by atoms with Gasteiger partial charge in [0, 0.05) is 46.2 Å². The molecule has 0 atom stereocenters. The molecule has 0 aromatic carbocycles. The molecule has 0 bridgehead atoms. The average molecular weight is 349 g/mol. The van der Waals surface area contributed by atoms with Crippen molar-refractivity contribution in [2.24, 2.45) is 12.0 Å². The van der Waals surface area contributed by atoms with Crippen LogP contribution in [-0.4, -0.2) is 48.8 Å². The molecule has 1 saturated carbocycles. The van der Waals surface area contributed by atoms with Gasteiger partial charge in [0.25, 0.3) is 0 Å². The summed E-state index contributed by atoms with van der Waals surface area (Å²) in [5.74, 6) is 0.950. The number of unbranched alkanes of at least 4 members (excludes halogenated alkanes) is 1. The second-order valence-corrected chi connectivity index (χ2v) is 7.13. The fourth-order valence-electron chi connectivity index (χ4n) is 3.45. The summed E-state index contributed by atoms with van der Waals surface area (Å²) in [5, 5.41) is 3.46. The number of rotatable bonds is 8. The second kappa shape index (κ2) is 11.2. The molecule has 1 aliphatic rings. The fraction of sp³-hybridized carbons (Fsp3) is 0.750. The van der Waals surface area contributed by atoms with Crippen LogP contribution in [0.2, 0.25) is 0 Å². The predicted molar refractivity (Wildman–Crippen MR) is 105 cm³/mol. The first-order chi connectivity index (χ1) is 12.2. The van der Waals surface area contributed by atoms with Crippen molar-refractivity contribution in [1.29, 1.82) is 0 Å². The van der Waals surface area contributed by atoms with Gasteiger partial charge in [0.1, 0.15) is 0 Å². The van der Waals surface area contributed by atoms with Gasteiger partial charge in [-0.1, -0.05) is 25.7 Å². The van der Waals surface area contributed by atoms with Gasteiger partial charge < -0.3 is 19.5 Å². The smallest absolute Gasteiger partial charge is 0.193 e. The van der Waals surface area contributed by atoms with E-state index in [1.54, 1.807) is 0 Å². The van der Waals surface area contributed by atoms with E-state index >= 15 is 0 Å². The lowest BCUT2D eigenvalue weighted by atomic mass is 10.1. The monoisotopic (exact) mass is 348 g/mol. The highest BCUT2D eigenvalue weighted by Crippen LogP contribution is 2.19. The highest BCUT2D eigenvalue weighted by molar-refractivity contribution is 5.79. The highest BCUT2D eigenvalue weighted by atomic mass is 16.5. The molecular weight excluding hydrogens is 312 g/mol. The molecule has 0 spiro atoms. The van der Waals surface area contributed by atoms with Crippen LogP contribution in [0.5, 0.6) is 0 Å². The molecule has 1 aromatic heterocycles. The van der Waals surface area contributed by atoms with Gasteiger partial charge >= 0.3 is 0 Å². The Labute approximate surface area is 153 Å². The van der Waals surface area contributed by atoms with Crippen molar-refractivity contribution in [2.45, 2.75) is 64.0 Å². The molecule has 25 heavy (non-hydrogen) atoms. The Hall–Kier alpha value is -1.49. The van der Waals surface area contributed by atoms with Crippen molar-refractivity contribution >= 4 is 5.96 Å². The summed E-state index contributed by atoms with van der Waals surface area (Å²) < 4.78 is 8.20. The van der Waals surface area contributed by atoms with Crippen molar-refractivity contribution in [3.8, 4) is 0 Å². The molecule has 0 unspecified atom stereocenters. The minimum atomic E-state index is 0.514. The molecule has 0 saturated heterocycles. The van der Waals surface area contributed by atoms with Crippen LogP contribution in [0, 0.1) is 0 Å². The number of guanidine groups is 1. The maximum atomic E-state index is 6.06. The average Bonchev–Trinajstić information content (AvgIpc) is 2.86. The van der Waals surface area contributed by atoms with E-state index in [0.29, 0.717) is 6.10 Å². The van der Waals surface area contributed by atoms with Gasteiger partial charge in [-0.3, -0.25) is 4.99 Å². The molecule has 5 heteroatoms. The van der Waals surface area contributed by atoms with Crippen LogP contribution in [0.25, 0.3) is 0 Å². The third kappa shape index (κ3) is 7.10. The van der Waals surface area contributed by atoms with Gasteiger partial charge in [-0.25, -0.2) is 0 Å². The number of aliphatic imine (C=N–C) groups is 1. The summed E-state index contributed by atoms with van der Waals surface area (Å²) in [6.45, 7) is 2.69. The normalized spacial score (nSPS) is 16.7. The van der Waals surface area contributed by atoms with Crippen LogP contribution in [0.4, 0.5) is 0 Å². The van der Waals surface area contributed by atoms with E-state index in [1.807, 2.05) is 7.05 Å². The first-order valence-electron chi connectivity index (χ1n) is 9.84. The van der Waals surface area contributed by atoms with E-state index < -0.39 is 0 Å². The van der Waals surface area contributed by atoms with Gasteiger partial charge in [-0.05, 0) is 37.8 Å². The van der Waals surface area contributed by atoms with Gasteiger partial charge in [0.05, 0.1) is 12.6 Å². The summed E-state index contributed by atoms with van der Waals surface area (Å²) in [7, 11) is 6.00. The summed E-state index contributed by atoms with van der Waals surface area (Å²) in [6, 6.07) is 4.22. The molecule has 0 radical (unpaired) electrons. The lowest BCUT2D eigenvalue weighted by Gasteiger charge is -2.22. The third-order valence-corrected chi connectivity index (χ3v) is 5.03. The van der Waals surface area contributed by atoms with E-state index in [4.69, 9.17) is 4.74 Å². The molecule has 0 aliphatic heterocycles. The zero-order valence-corrected chi connectivity index (χ0v) is 16.3. The minimum Gasteiger partial charge on any atom is -0.378 e. The number of ether oxygens (including phenoxy) is 1. The molecule has 5 nitrogen and oxygen atoms in total. The SMILES string of the molecule is CN=C(NCCCCOC1CCCCCC1)N(C)Cc1cccn1C. The third-order valence-electron chi connectivity index (χ3n) is 5.03. The second-order valence-electron chi connectivity index (χ2n) is 7.13. The van der Waals surface area contributed by atoms with Crippen LogP contribution in [0.1, 0.15) is 57.1 Å². The van der Waals surface area contributed by atoms with Crippen LogP contribution in [0.15, 0.2) is 23.3 Å². The van der Waals surface area contributed by atoms with Gasteiger partial charge in [-0.2, -0.15) is 0 Å². The largest absolute Gasteiger partial charge is 0.378 e. The fourth-order valence-corrected chi connectivity index (χ4v) is 3.45. The Kier molecular flexibility index (Phi) is 8.87. The van der Waals surface area contributed by atoms with Crippen molar-refractivity contribution < 1.29 is 4.74 Å². The van der Waals surface area contributed by atoms with E-state index in [0.717, 1.165) is 38.5 Å². The molecular formula is C20H36N4O. The van der Waals surface area contributed by atoms with Crippen molar-refractivity contribution in [3.05, 3.63) is 24.0 Å². The number of hydrogen-bond donors (Lipinski definition) is 1. The molecule has 1 aromatic rings. The number of hydrogen-bond acceptors (Lipinski definition) is 2. The lowest BCUT2D eigenvalue weighted by molar-refractivity contribution is 0.0411. The Bertz CT molecular complexity index is 504. The summed E-state index contributed by atoms with van der Waals surface area (Å²) >= 11 is 0. The zero-order valence-electron chi connectivity index (χ0n) is 16.3. The van der Waals surface area contributed by atoms with Crippen LogP contribution >= 0.6 is 0 Å². The molecule has 0 amide bonds. The zero-order chi connectivity index (χ0) is 17.9. The summed E-state index contributed by atoms with van der Waals surface area (Å²) in [4.78, 5) is 6.55. The maximum Gasteiger partial charge on any atom is 0.193 e. The first kappa shape index (κ1) is 19.8. The number of aromatic nitrogens is 1. The molecule has 2 rings (SSSR count). The molecule has 1 N–H and O–H groups in total. The van der Waals surface area contributed by atoms with Crippen molar-refractivity contribution in [2.75, 3.05) is 27.2 Å². The maximum absolute atomic E-state index is 6.06. The standard InChI is InChI=1S/C20H36N4O/c1-21-20(24(3)17-18-11-10-15-23(18)2)22-14-8-9-16-25-19-12-6-4-5-7-13-19/h10-11,15,19H,4-9,12-14,16-17H2,1-3H3,(H,21,22). The summed E-state index contributed by atoms with van der Waals surface area (Å²) in [6.07, 6.45) is 12.8. The van der Waals surface area contributed by atoms with E-state index in [2.05, 4.69) is 52.2 Å². The van der Waals surface area contributed by atoms with Gasteiger partial charge in [0.2, 0.25) is 0 Å². The number of nitrogens with one attached hydrogen (secondary N) is 1. The predicted octanol–water partition coefficient (Wildman–Crippen LogP) is 3.55. The van der Waals surface area contributed by atoms with Crippen LogP contribution < -0.4 is 5.32 Å². The first-order valence-corrected chi connectivity index (χ1v) is 9.84. The minimum absolute atomic E-state index is 0.514. The van der Waals surface area contributed by atoms with E-state index in [-0.39, 0.29) is 0 Å². The number of nitrogens with zero attached hydrogens (tertiary/aromatic N) is 3. The highest BCUT2D eigenvalue weighted by Gasteiger charge is 2.12. The van der Waals surface area contributed by atoms with E-state index in [1.165, 1.54) is 44.2 Å². The molecule has 1 heterocycles. The van der Waals surface area contributed by atoms with Crippen molar-refractivity contribution in [1.82, 2.24) is 14.8 Å². The summed E-state index contributed by atoms with van der Waals surface area (Å²) in [5.41, 5.74) is 1.28. The molecule has 1 aliphatic carbocycles. The Morgan fingerprint density at radius 1 is 1.28 bits per heavy atom. The van der Waals surface area contributed by atoms with Crippen LogP contribution in [0.3, 0.4) is 0 Å². The number of aryl methyl sites for hydroxylation is 1. The molecule has 1 fully saturated rings. The van der Waals surface area contributed by atoms with Gasteiger partial charge in [-0.15, -0.1) is 0 Å². The van der Waals surface area contributed by atoms with Crippen LogP contribution in [-0.2, 0) is 18.3 Å². The van der Waals surface area contributed by atoms with Gasteiger partial charge in [0.15, 0.2) is 5.96 Å².